The Hall–Kier alpha value is -2.63. The first kappa shape index (κ1) is 16.9. The summed E-state index contributed by atoms with van der Waals surface area (Å²) in [5, 5.41) is 23.3. The molecule has 5 aliphatic rings. The van der Waals surface area contributed by atoms with Gasteiger partial charge in [-0.05, 0) is 61.4 Å². The molecule has 2 aliphatic heterocycles. The monoisotopic (exact) mass is 433 g/mol. The lowest BCUT2D eigenvalue weighted by molar-refractivity contribution is -0.179. The van der Waals surface area contributed by atoms with E-state index in [1.807, 2.05) is 47.4 Å². The Bertz CT molecular complexity index is 1240. The summed E-state index contributed by atoms with van der Waals surface area (Å²) < 4.78 is 24.5. The first-order valence-electron chi connectivity index (χ1n) is 12.7. The number of carbonyl (C=O) groups excluding carboxylic acids is 1. The number of rotatable bonds is 3. The molecule has 3 aliphatic carbocycles. The second kappa shape index (κ2) is 6.24. The third-order valence-electron chi connectivity index (χ3n) is 8.22. The predicted molar refractivity (Wildman–Crippen MR) is 120 cm³/mol. The molecule has 0 radical (unpaired) electrons. The number of hydrogen-bond acceptors (Lipinski definition) is 5. The molecule has 164 valence electrons. The van der Waals surface area contributed by atoms with E-state index in [2.05, 4.69) is 0 Å². The molecule has 2 heterocycles. The highest BCUT2D eigenvalue weighted by atomic mass is 16.5. The number of nitrogens with zero attached hydrogens (tertiary/aromatic N) is 1. The number of likely N-dealkylation sites (tertiary alicyclic amines) is 1. The second-order valence-corrected chi connectivity index (χ2v) is 10.0. The van der Waals surface area contributed by atoms with Gasteiger partial charge in [-0.15, -0.1) is 0 Å². The zero-order valence-corrected chi connectivity index (χ0v) is 17.7. The van der Waals surface area contributed by atoms with Crippen LogP contribution in [0.2, 0.25) is 0 Å². The van der Waals surface area contributed by atoms with Gasteiger partial charge in [0.15, 0.2) is 23.4 Å². The second-order valence-electron chi connectivity index (χ2n) is 10.0. The topological polar surface area (TPSA) is 70.0 Å². The molecular formula is C27H27NO4. The quantitative estimate of drug-likeness (QED) is 0.728. The van der Waals surface area contributed by atoms with Gasteiger partial charge >= 0.3 is 0 Å². The maximum Gasteiger partial charge on any atom is 0.200 e. The number of aromatic hydroxyl groups is 1. The van der Waals surface area contributed by atoms with E-state index < -0.39 is 36.1 Å². The Morgan fingerprint density at radius 3 is 2.81 bits per heavy atom. The molecule has 3 fully saturated rings. The summed E-state index contributed by atoms with van der Waals surface area (Å²) >= 11 is 0. The van der Waals surface area contributed by atoms with E-state index in [0.717, 1.165) is 24.0 Å². The molecule has 2 aromatic rings. The van der Waals surface area contributed by atoms with Gasteiger partial charge in [-0.25, -0.2) is 0 Å². The first-order chi connectivity index (χ1) is 16.4. The van der Waals surface area contributed by atoms with E-state index in [9.17, 15) is 16.4 Å². The van der Waals surface area contributed by atoms with Crippen molar-refractivity contribution in [3.05, 3.63) is 64.7 Å². The van der Waals surface area contributed by atoms with Gasteiger partial charge in [0.05, 0.1) is 11.0 Å². The smallest absolute Gasteiger partial charge is 0.200 e. The first-order valence-corrected chi connectivity index (χ1v) is 11.5. The molecule has 32 heavy (non-hydrogen) atoms. The number of ether oxygens (including phenoxy) is 1. The standard InChI is InChI=1S/C27H27NO4/c29-20-9-8-18-13-21-27(31)14-19(12-16-4-2-1-3-5-16)23(30)25-26(27,22(18)24(20)32-25)10-11-28(21)15-17-6-7-17/h1-5,8-9,12,17,21,25,29,31H,6-7,10-11,13-15H2/b19-12+/t21-,25+,26+,27-/m1/s1/i10T,11T/t10?,11?,21-,25+,26+,27-. The summed E-state index contributed by atoms with van der Waals surface area (Å²) in [6, 6.07) is 12.6. The van der Waals surface area contributed by atoms with Crippen LogP contribution >= 0.6 is 0 Å². The Balaban J connectivity index is 1.47. The van der Waals surface area contributed by atoms with Gasteiger partial charge < -0.3 is 14.9 Å². The summed E-state index contributed by atoms with van der Waals surface area (Å²) in [5.74, 6) is 0.345. The fourth-order valence-electron chi connectivity index (χ4n) is 6.55. The van der Waals surface area contributed by atoms with Gasteiger partial charge in [0.1, 0.15) is 0 Å². The van der Waals surface area contributed by atoms with E-state index in [4.69, 9.17) is 6.11 Å². The van der Waals surface area contributed by atoms with Crippen LogP contribution < -0.4 is 4.74 Å². The van der Waals surface area contributed by atoms with E-state index in [1.54, 1.807) is 6.07 Å². The summed E-state index contributed by atoms with van der Waals surface area (Å²) in [6.07, 6.45) is 2.40. The fourth-order valence-corrected chi connectivity index (χ4v) is 6.55. The van der Waals surface area contributed by atoms with Crippen molar-refractivity contribution in [1.82, 2.24) is 4.90 Å². The molecule has 2 aromatic carbocycles. The highest BCUT2D eigenvalue weighted by Crippen LogP contribution is 2.65. The number of ketones is 1. The largest absolute Gasteiger partial charge is 0.504 e. The minimum Gasteiger partial charge on any atom is -0.504 e. The molecule has 1 spiro atoms. The summed E-state index contributed by atoms with van der Waals surface area (Å²) in [4.78, 5) is 15.9. The SMILES string of the molecule is [3H]C1C([3H])[C@]23c4c5ccc(O)c4O[C@H]2C(=O)/C(=C/c2ccccc2)C[C@@]3(O)[C@@H](C5)N1CC1CC1. The van der Waals surface area contributed by atoms with Crippen LogP contribution in [0.3, 0.4) is 0 Å². The zero-order chi connectivity index (χ0) is 23.4. The number of aliphatic hydroxyl groups is 1. The molecule has 0 aromatic heterocycles. The van der Waals surface area contributed by atoms with Crippen LogP contribution in [0, 0.1) is 5.92 Å². The minimum atomic E-state index is -1.46. The third-order valence-corrected chi connectivity index (χ3v) is 8.22. The number of Topliss-reactive ketones (excluding diaryl/α,β-unsaturated/α-hetero) is 1. The van der Waals surface area contributed by atoms with Crippen LogP contribution in [0.1, 0.15) is 45.1 Å². The van der Waals surface area contributed by atoms with Gasteiger partial charge in [-0.2, -0.15) is 0 Å². The maximum absolute atomic E-state index is 13.9. The van der Waals surface area contributed by atoms with Crippen molar-refractivity contribution in [2.75, 3.05) is 13.1 Å². The Labute approximate surface area is 190 Å². The molecule has 0 amide bonds. The predicted octanol–water partition coefficient (Wildman–Crippen LogP) is 3.22. The third kappa shape index (κ3) is 2.28. The van der Waals surface area contributed by atoms with E-state index in [0.29, 0.717) is 30.0 Å². The van der Waals surface area contributed by atoms with E-state index >= 15 is 0 Å². The average Bonchev–Trinajstić information content (AvgIpc) is 3.57. The molecule has 5 nitrogen and oxygen atoms in total. The van der Waals surface area contributed by atoms with Gasteiger partial charge in [0, 0.05) is 32.9 Å². The summed E-state index contributed by atoms with van der Waals surface area (Å²) in [7, 11) is 0. The summed E-state index contributed by atoms with van der Waals surface area (Å²) in [6.45, 7) is -0.199. The molecule has 2 N–H and O–H groups in total. The Morgan fingerprint density at radius 2 is 2.03 bits per heavy atom. The van der Waals surface area contributed by atoms with Gasteiger partial charge in [0.2, 0.25) is 0 Å². The van der Waals surface area contributed by atoms with Crippen molar-refractivity contribution in [1.29, 1.82) is 0 Å². The minimum absolute atomic E-state index is 0.0844. The van der Waals surface area contributed by atoms with Crippen molar-refractivity contribution in [2.24, 2.45) is 5.92 Å². The number of phenolic OH excluding ortho intramolecular Hbond substituents is 1. The molecular weight excluding hydrogens is 402 g/mol. The maximum atomic E-state index is 13.9. The highest BCUT2D eigenvalue weighted by molar-refractivity contribution is 6.06. The van der Waals surface area contributed by atoms with Crippen LogP contribution in [0.5, 0.6) is 11.5 Å². The molecule has 2 bridgehead atoms. The molecule has 2 unspecified atom stereocenters. The summed E-state index contributed by atoms with van der Waals surface area (Å²) in [5.41, 5.74) is -0.0309. The van der Waals surface area contributed by atoms with Crippen LogP contribution in [-0.2, 0) is 16.6 Å². The van der Waals surface area contributed by atoms with Crippen LogP contribution in [0.25, 0.3) is 6.08 Å². The molecule has 5 heteroatoms. The van der Waals surface area contributed by atoms with Crippen molar-refractivity contribution < 1.29 is 22.5 Å². The van der Waals surface area contributed by atoms with Crippen LogP contribution in [-0.4, -0.2) is 51.7 Å². The van der Waals surface area contributed by atoms with Crippen molar-refractivity contribution in [3.8, 4) is 11.5 Å². The number of hydrogen-bond donors (Lipinski definition) is 2. The van der Waals surface area contributed by atoms with E-state index in [1.165, 1.54) is 0 Å². The van der Waals surface area contributed by atoms with Crippen LogP contribution in [0.15, 0.2) is 48.0 Å². The Kier molecular flexibility index (Phi) is 3.30. The zero-order valence-electron chi connectivity index (χ0n) is 19.7. The van der Waals surface area contributed by atoms with E-state index in [-0.39, 0.29) is 23.7 Å². The number of phenols is 1. The van der Waals surface area contributed by atoms with Gasteiger partial charge in [-0.3, -0.25) is 9.69 Å². The highest BCUT2D eigenvalue weighted by Gasteiger charge is 2.74. The average molecular weight is 434 g/mol. The van der Waals surface area contributed by atoms with Crippen molar-refractivity contribution >= 4 is 11.9 Å². The van der Waals surface area contributed by atoms with Crippen molar-refractivity contribution in [2.45, 2.75) is 55.2 Å². The van der Waals surface area contributed by atoms with Crippen LogP contribution in [0.4, 0.5) is 0 Å². The van der Waals surface area contributed by atoms with Gasteiger partial charge in [-0.1, -0.05) is 36.4 Å². The Morgan fingerprint density at radius 1 is 1.22 bits per heavy atom. The number of piperidine rings is 1. The lowest BCUT2D eigenvalue weighted by Gasteiger charge is -2.62. The van der Waals surface area contributed by atoms with Crippen molar-refractivity contribution in [3.63, 3.8) is 0 Å². The molecule has 6 atom stereocenters. The normalized spacial score (nSPS) is 41.7. The lowest BCUT2D eigenvalue weighted by Crippen LogP contribution is -2.77. The fraction of sp³-hybridized carbons (Fsp3) is 0.444. The number of benzene rings is 2. The molecule has 1 saturated heterocycles. The lowest BCUT2D eigenvalue weighted by atomic mass is 9.48. The van der Waals surface area contributed by atoms with Gasteiger partial charge in [0.25, 0.3) is 0 Å². The molecule has 7 rings (SSSR count). The molecule has 2 saturated carbocycles. The number of carbonyl (C=O) groups is 1.